The lowest BCUT2D eigenvalue weighted by molar-refractivity contribution is -0.115. The summed E-state index contributed by atoms with van der Waals surface area (Å²) in [4.78, 5) is 13.3. The number of aryl methyl sites for hydroxylation is 1. The van der Waals surface area contributed by atoms with Crippen molar-refractivity contribution in [2.75, 3.05) is 18.5 Å². The van der Waals surface area contributed by atoms with Crippen LogP contribution in [0.5, 0.6) is 11.5 Å². The fourth-order valence-corrected chi connectivity index (χ4v) is 3.13. The first-order valence-corrected chi connectivity index (χ1v) is 8.43. The topological polar surface area (TPSA) is 47.6 Å². The molecule has 2 aromatic rings. The molecule has 0 fully saturated rings. The van der Waals surface area contributed by atoms with Gasteiger partial charge in [-0.05, 0) is 44.2 Å². The van der Waals surface area contributed by atoms with Crippen LogP contribution >= 0.6 is 11.8 Å². The Morgan fingerprint density at radius 1 is 1.09 bits per heavy atom. The molecule has 23 heavy (non-hydrogen) atoms. The number of hydrogen-bond acceptors (Lipinski definition) is 4. The summed E-state index contributed by atoms with van der Waals surface area (Å²) in [5, 5.41) is 2.73. The molecule has 120 valence electrons. The molecule has 0 aromatic heterocycles. The van der Waals surface area contributed by atoms with Crippen LogP contribution in [0.4, 0.5) is 5.69 Å². The van der Waals surface area contributed by atoms with Crippen molar-refractivity contribution in [1.29, 1.82) is 0 Å². The van der Waals surface area contributed by atoms with E-state index < -0.39 is 0 Å². The molecular formula is C18H19NO3S. The van der Waals surface area contributed by atoms with Crippen molar-refractivity contribution in [2.45, 2.75) is 24.0 Å². The summed E-state index contributed by atoms with van der Waals surface area (Å²) in [5.74, 6) is 1.48. The normalized spacial score (nSPS) is 14.2. The van der Waals surface area contributed by atoms with E-state index in [1.165, 1.54) is 17.3 Å². The van der Waals surface area contributed by atoms with Gasteiger partial charge in [0.25, 0.3) is 0 Å². The van der Waals surface area contributed by atoms with Gasteiger partial charge >= 0.3 is 0 Å². The van der Waals surface area contributed by atoms with Gasteiger partial charge < -0.3 is 14.8 Å². The number of amides is 1. The van der Waals surface area contributed by atoms with Crippen LogP contribution in [0.15, 0.2) is 47.4 Å². The molecule has 2 aromatic carbocycles. The first-order valence-electron chi connectivity index (χ1n) is 7.55. The molecular weight excluding hydrogens is 310 g/mol. The highest BCUT2D eigenvalue weighted by Crippen LogP contribution is 2.35. The number of carbonyl (C=O) groups excluding carboxylic acids is 1. The average Bonchev–Trinajstić information content (AvgIpc) is 2.56. The molecule has 3 rings (SSSR count). The molecule has 0 aliphatic carbocycles. The van der Waals surface area contributed by atoms with Crippen LogP contribution in [0.1, 0.15) is 12.5 Å². The highest BCUT2D eigenvalue weighted by molar-refractivity contribution is 8.00. The number of fused-ring (bicyclic) bond motifs is 1. The first-order chi connectivity index (χ1) is 11.1. The standard InChI is InChI=1S/C18H19NO3S/c1-12-3-5-14(6-4-12)19-18(20)13(2)23-15-7-8-16-17(11-15)22-10-9-21-16/h3-8,11,13H,9-10H2,1-2H3,(H,19,20)/t13-/m1/s1. The average molecular weight is 329 g/mol. The molecule has 1 N–H and O–H groups in total. The lowest BCUT2D eigenvalue weighted by atomic mass is 10.2. The molecule has 0 bridgehead atoms. The summed E-state index contributed by atoms with van der Waals surface area (Å²) in [6.45, 7) is 5.05. The monoisotopic (exact) mass is 329 g/mol. The molecule has 0 radical (unpaired) electrons. The van der Waals surface area contributed by atoms with Crippen molar-refractivity contribution in [3.05, 3.63) is 48.0 Å². The molecule has 1 heterocycles. The molecule has 1 aliphatic heterocycles. The van der Waals surface area contributed by atoms with Gasteiger partial charge in [-0.2, -0.15) is 0 Å². The molecule has 4 nitrogen and oxygen atoms in total. The maximum atomic E-state index is 12.3. The fourth-order valence-electron chi connectivity index (χ4n) is 2.24. The van der Waals surface area contributed by atoms with Crippen molar-refractivity contribution in [2.24, 2.45) is 0 Å². The Morgan fingerprint density at radius 2 is 1.78 bits per heavy atom. The number of carbonyl (C=O) groups is 1. The Morgan fingerprint density at radius 3 is 2.52 bits per heavy atom. The molecule has 0 spiro atoms. The van der Waals surface area contributed by atoms with Crippen LogP contribution in [-0.4, -0.2) is 24.4 Å². The van der Waals surface area contributed by atoms with Gasteiger partial charge in [-0.25, -0.2) is 0 Å². The number of ether oxygens (including phenoxy) is 2. The van der Waals surface area contributed by atoms with Crippen molar-refractivity contribution in [3.63, 3.8) is 0 Å². The summed E-state index contributed by atoms with van der Waals surface area (Å²) in [6, 6.07) is 13.6. The van der Waals surface area contributed by atoms with Gasteiger partial charge in [-0.3, -0.25) is 4.79 Å². The second-order valence-corrected chi connectivity index (χ2v) is 6.84. The van der Waals surface area contributed by atoms with Crippen LogP contribution in [0.3, 0.4) is 0 Å². The van der Waals surface area contributed by atoms with Crippen LogP contribution in [0.2, 0.25) is 0 Å². The minimum Gasteiger partial charge on any atom is -0.486 e. The van der Waals surface area contributed by atoms with Crippen LogP contribution in [-0.2, 0) is 4.79 Å². The number of hydrogen-bond donors (Lipinski definition) is 1. The number of thioether (sulfide) groups is 1. The largest absolute Gasteiger partial charge is 0.486 e. The lowest BCUT2D eigenvalue weighted by Crippen LogP contribution is -2.22. The Kier molecular flexibility index (Phi) is 4.76. The molecule has 1 aliphatic rings. The minimum atomic E-state index is -0.209. The second kappa shape index (κ2) is 6.96. The quantitative estimate of drug-likeness (QED) is 0.865. The molecule has 0 unspecified atom stereocenters. The van der Waals surface area contributed by atoms with Gasteiger partial charge in [-0.15, -0.1) is 11.8 Å². The Balaban J connectivity index is 1.62. The van der Waals surface area contributed by atoms with E-state index in [0.717, 1.165) is 22.1 Å². The lowest BCUT2D eigenvalue weighted by Gasteiger charge is -2.19. The summed E-state index contributed by atoms with van der Waals surface area (Å²) < 4.78 is 11.1. The zero-order valence-electron chi connectivity index (χ0n) is 13.2. The van der Waals surface area contributed by atoms with E-state index >= 15 is 0 Å². The second-order valence-electron chi connectivity index (χ2n) is 5.42. The van der Waals surface area contributed by atoms with Gasteiger partial charge in [0.15, 0.2) is 11.5 Å². The van der Waals surface area contributed by atoms with E-state index in [2.05, 4.69) is 5.32 Å². The van der Waals surface area contributed by atoms with Gasteiger partial charge in [0, 0.05) is 10.6 Å². The van der Waals surface area contributed by atoms with E-state index in [4.69, 9.17) is 9.47 Å². The first kappa shape index (κ1) is 15.7. The van der Waals surface area contributed by atoms with E-state index in [1.54, 1.807) is 0 Å². The molecule has 5 heteroatoms. The minimum absolute atomic E-state index is 0.0197. The highest BCUT2D eigenvalue weighted by atomic mass is 32.2. The number of nitrogens with one attached hydrogen (secondary N) is 1. The summed E-state index contributed by atoms with van der Waals surface area (Å²) in [5.41, 5.74) is 1.98. The van der Waals surface area contributed by atoms with E-state index in [-0.39, 0.29) is 11.2 Å². The van der Waals surface area contributed by atoms with E-state index in [9.17, 15) is 4.79 Å². The van der Waals surface area contributed by atoms with Gasteiger partial charge in [0.05, 0.1) is 5.25 Å². The zero-order valence-corrected chi connectivity index (χ0v) is 14.0. The summed E-state index contributed by atoms with van der Waals surface area (Å²) >= 11 is 1.50. The third-order valence-electron chi connectivity index (χ3n) is 3.51. The smallest absolute Gasteiger partial charge is 0.237 e. The fraction of sp³-hybridized carbons (Fsp3) is 0.278. The Labute approximate surface area is 140 Å². The van der Waals surface area contributed by atoms with Crippen LogP contribution in [0, 0.1) is 6.92 Å². The maximum absolute atomic E-state index is 12.3. The van der Waals surface area contributed by atoms with Gasteiger partial charge in [0.1, 0.15) is 13.2 Å². The van der Waals surface area contributed by atoms with Crippen LogP contribution < -0.4 is 14.8 Å². The highest BCUT2D eigenvalue weighted by Gasteiger charge is 2.17. The predicted molar refractivity (Wildman–Crippen MR) is 92.6 cm³/mol. The SMILES string of the molecule is Cc1ccc(NC(=O)[C@@H](C)Sc2ccc3c(c2)OCCO3)cc1. The molecule has 0 saturated carbocycles. The summed E-state index contributed by atoms with van der Waals surface area (Å²) in [7, 11) is 0. The third kappa shape index (κ3) is 3.99. The van der Waals surface area contributed by atoms with Gasteiger partial charge in [0.2, 0.25) is 5.91 Å². The number of benzene rings is 2. The summed E-state index contributed by atoms with van der Waals surface area (Å²) in [6.07, 6.45) is 0. The third-order valence-corrected chi connectivity index (χ3v) is 4.61. The molecule has 0 saturated heterocycles. The Hall–Kier alpha value is -2.14. The maximum Gasteiger partial charge on any atom is 0.237 e. The number of anilines is 1. The predicted octanol–water partition coefficient (Wildman–Crippen LogP) is 3.89. The van der Waals surface area contributed by atoms with E-state index in [0.29, 0.717) is 13.2 Å². The van der Waals surface area contributed by atoms with Gasteiger partial charge in [-0.1, -0.05) is 17.7 Å². The van der Waals surface area contributed by atoms with E-state index in [1.807, 2.05) is 56.3 Å². The van der Waals surface area contributed by atoms with Crippen molar-refractivity contribution < 1.29 is 14.3 Å². The van der Waals surface area contributed by atoms with Crippen molar-refractivity contribution >= 4 is 23.4 Å². The Bertz CT molecular complexity index is 700. The molecule has 1 atom stereocenters. The van der Waals surface area contributed by atoms with Crippen molar-refractivity contribution in [1.82, 2.24) is 0 Å². The zero-order chi connectivity index (χ0) is 16.2. The molecule has 1 amide bonds. The number of rotatable bonds is 4. The van der Waals surface area contributed by atoms with Crippen molar-refractivity contribution in [3.8, 4) is 11.5 Å². The van der Waals surface area contributed by atoms with Crippen LogP contribution in [0.25, 0.3) is 0 Å².